The maximum Gasteiger partial charge on any atom is 0.257 e. The molecule has 1 rings (SSSR count). The summed E-state index contributed by atoms with van der Waals surface area (Å²) in [4.78, 5) is 0. The van der Waals surface area contributed by atoms with Crippen molar-refractivity contribution < 1.29 is 8.78 Å². The van der Waals surface area contributed by atoms with Crippen LogP contribution in [0.5, 0.6) is 0 Å². The zero-order chi connectivity index (χ0) is 10.0. The normalized spacial score (nSPS) is 13.4. The van der Waals surface area contributed by atoms with Gasteiger partial charge in [-0.3, -0.25) is 0 Å². The van der Waals surface area contributed by atoms with Crippen molar-refractivity contribution in [3.05, 3.63) is 33.3 Å². The summed E-state index contributed by atoms with van der Waals surface area (Å²) in [5, 5.41) is 0.383. The number of hydrogen-bond acceptors (Lipinski definition) is 1. The fourth-order valence-corrected chi connectivity index (χ4v) is 1.30. The molecule has 0 saturated heterocycles. The van der Waals surface area contributed by atoms with Gasteiger partial charge in [-0.1, -0.05) is 17.7 Å². The molecule has 0 heterocycles. The first-order valence-electron chi connectivity index (χ1n) is 3.51. The van der Waals surface area contributed by atoms with Crippen LogP contribution in [0.15, 0.2) is 22.7 Å². The molecule has 0 bridgehead atoms. The van der Waals surface area contributed by atoms with Crippen molar-refractivity contribution in [2.75, 3.05) is 0 Å². The van der Waals surface area contributed by atoms with E-state index in [4.69, 9.17) is 17.3 Å². The van der Waals surface area contributed by atoms with Crippen LogP contribution in [0, 0.1) is 0 Å². The van der Waals surface area contributed by atoms with Gasteiger partial charge in [-0.2, -0.15) is 0 Å². The van der Waals surface area contributed by atoms with E-state index in [0.29, 0.717) is 15.1 Å². The molecule has 72 valence electrons. The molecule has 1 aromatic carbocycles. The highest BCUT2D eigenvalue weighted by atomic mass is 79.9. The molecule has 0 saturated carbocycles. The molecule has 0 radical (unpaired) electrons. The Hall–Kier alpha value is -0.190. The van der Waals surface area contributed by atoms with Crippen molar-refractivity contribution in [2.45, 2.75) is 12.5 Å². The molecule has 0 aliphatic carbocycles. The Balaban J connectivity index is 2.97. The molecule has 0 amide bonds. The Morgan fingerprint density at radius 2 is 2.00 bits per heavy atom. The SMILES string of the molecule is NC(c1ccc(Br)c(Cl)c1)C(F)F. The van der Waals surface area contributed by atoms with Crippen molar-refractivity contribution in [3.63, 3.8) is 0 Å². The Morgan fingerprint density at radius 3 is 2.46 bits per heavy atom. The summed E-state index contributed by atoms with van der Waals surface area (Å²) in [7, 11) is 0. The molecule has 1 unspecified atom stereocenters. The van der Waals surface area contributed by atoms with Gasteiger partial charge in [-0.05, 0) is 33.6 Å². The van der Waals surface area contributed by atoms with E-state index in [1.54, 1.807) is 6.07 Å². The van der Waals surface area contributed by atoms with Crippen molar-refractivity contribution in [2.24, 2.45) is 5.73 Å². The van der Waals surface area contributed by atoms with E-state index in [-0.39, 0.29) is 0 Å². The van der Waals surface area contributed by atoms with Crippen molar-refractivity contribution in [1.29, 1.82) is 0 Å². The van der Waals surface area contributed by atoms with E-state index < -0.39 is 12.5 Å². The second kappa shape index (κ2) is 4.35. The standard InChI is InChI=1S/C8H7BrClF2N/c9-5-2-1-4(3-6(5)10)7(13)8(11)12/h1-3,7-8H,13H2. The van der Waals surface area contributed by atoms with E-state index in [0.717, 1.165) is 0 Å². The van der Waals surface area contributed by atoms with Crippen LogP contribution in [0.3, 0.4) is 0 Å². The maximum atomic E-state index is 12.2. The molecule has 0 aromatic heterocycles. The van der Waals surface area contributed by atoms with Gasteiger partial charge in [0.25, 0.3) is 6.43 Å². The molecule has 0 fully saturated rings. The molecule has 2 N–H and O–H groups in total. The van der Waals surface area contributed by atoms with Crippen LogP contribution in [0.2, 0.25) is 5.02 Å². The van der Waals surface area contributed by atoms with Crippen LogP contribution in [0.25, 0.3) is 0 Å². The lowest BCUT2D eigenvalue weighted by Crippen LogP contribution is -2.18. The first-order valence-corrected chi connectivity index (χ1v) is 4.68. The lowest BCUT2D eigenvalue weighted by Gasteiger charge is -2.11. The molecule has 1 aromatic rings. The van der Waals surface area contributed by atoms with Gasteiger partial charge in [0, 0.05) is 4.47 Å². The largest absolute Gasteiger partial charge is 0.319 e. The maximum absolute atomic E-state index is 12.2. The Labute approximate surface area is 88.0 Å². The quantitative estimate of drug-likeness (QED) is 0.876. The predicted molar refractivity (Wildman–Crippen MR) is 52.1 cm³/mol. The van der Waals surface area contributed by atoms with Gasteiger partial charge in [0.1, 0.15) is 0 Å². The lowest BCUT2D eigenvalue weighted by molar-refractivity contribution is 0.116. The van der Waals surface area contributed by atoms with E-state index in [1.165, 1.54) is 12.1 Å². The van der Waals surface area contributed by atoms with Crippen LogP contribution < -0.4 is 5.73 Å². The third-order valence-corrected chi connectivity index (χ3v) is 2.83. The van der Waals surface area contributed by atoms with Crippen molar-refractivity contribution in [3.8, 4) is 0 Å². The monoisotopic (exact) mass is 269 g/mol. The summed E-state index contributed by atoms with van der Waals surface area (Å²) in [6.45, 7) is 0. The zero-order valence-electron chi connectivity index (χ0n) is 6.48. The lowest BCUT2D eigenvalue weighted by atomic mass is 10.1. The predicted octanol–water partition coefficient (Wildman–Crippen LogP) is 3.37. The number of nitrogens with two attached hydrogens (primary N) is 1. The zero-order valence-corrected chi connectivity index (χ0v) is 8.82. The molecule has 1 nitrogen and oxygen atoms in total. The van der Waals surface area contributed by atoms with Crippen LogP contribution in [-0.2, 0) is 0 Å². The molecule has 13 heavy (non-hydrogen) atoms. The Kier molecular flexibility index (Phi) is 3.64. The molecule has 0 aliphatic rings. The first kappa shape index (κ1) is 10.9. The molecular weight excluding hydrogens is 263 g/mol. The third kappa shape index (κ3) is 2.62. The fraction of sp³-hybridized carbons (Fsp3) is 0.250. The summed E-state index contributed by atoms with van der Waals surface area (Å²) >= 11 is 8.87. The van der Waals surface area contributed by atoms with Crippen molar-refractivity contribution in [1.82, 2.24) is 0 Å². The van der Waals surface area contributed by atoms with E-state index in [9.17, 15) is 8.78 Å². The Bertz CT molecular complexity index is 306. The van der Waals surface area contributed by atoms with Gasteiger partial charge in [-0.15, -0.1) is 0 Å². The minimum absolute atomic E-state index is 0.336. The van der Waals surface area contributed by atoms with E-state index in [1.807, 2.05) is 0 Å². The summed E-state index contributed by atoms with van der Waals surface area (Å²) in [5.74, 6) is 0. The topological polar surface area (TPSA) is 26.0 Å². The average Bonchev–Trinajstić information content (AvgIpc) is 2.08. The average molecular weight is 271 g/mol. The molecule has 0 aliphatic heterocycles. The first-order chi connectivity index (χ1) is 6.02. The van der Waals surface area contributed by atoms with Crippen LogP contribution in [0.1, 0.15) is 11.6 Å². The van der Waals surface area contributed by atoms with Gasteiger partial charge in [0.05, 0.1) is 11.1 Å². The second-order valence-electron chi connectivity index (χ2n) is 2.53. The van der Waals surface area contributed by atoms with E-state index >= 15 is 0 Å². The second-order valence-corrected chi connectivity index (χ2v) is 3.80. The molecular formula is C8H7BrClF2N. The van der Waals surface area contributed by atoms with Crippen LogP contribution >= 0.6 is 27.5 Å². The molecule has 5 heteroatoms. The van der Waals surface area contributed by atoms with Crippen molar-refractivity contribution >= 4 is 27.5 Å². The highest BCUT2D eigenvalue weighted by Crippen LogP contribution is 2.27. The third-order valence-electron chi connectivity index (χ3n) is 1.60. The smallest absolute Gasteiger partial charge is 0.257 e. The number of hydrogen-bond donors (Lipinski definition) is 1. The van der Waals surface area contributed by atoms with Gasteiger partial charge in [0.2, 0.25) is 0 Å². The number of halogens is 4. The summed E-state index contributed by atoms with van der Waals surface area (Å²) in [5.41, 5.74) is 5.57. The van der Waals surface area contributed by atoms with Crippen LogP contribution in [-0.4, -0.2) is 6.43 Å². The van der Waals surface area contributed by atoms with Gasteiger partial charge < -0.3 is 5.73 Å². The number of alkyl halides is 2. The summed E-state index contributed by atoms with van der Waals surface area (Å²) in [6, 6.07) is 3.28. The summed E-state index contributed by atoms with van der Waals surface area (Å²) in [6.07, 6.45) is -2.57. The Morgan fingerprint density at radius 1 is 1.38 bits per heavy atom. The molecule has 0 spiro atoms. The van der Waals surface area contributed by atoms with Gasteiger partial charge in [-0.25, -0.2) is 8.78 Å². The highest BCUT2D eigenvalue weighted by Gasteiger charge is 2.17. The fourth-order valence-electron chi connectivity index (χ4n) is 0.865. The van der Waals surface area contributed by atoms with Gasteiger partial charge >= 0.3 is 0 Å². The summed E-state index contributed by atoms with van der Waals surface area (Å²) < 4.78 is 25.0. The minimum atomic E-state index is -2.57. The molecule has 1 atom stereocenters. The minimum Gasteiger partial charge on any atom is -0.319 e. The number of benzene rings is 1. The highest BCUT2D eigenvalue weighted by molar-refractivity contribution is 9.10. The van der Waals surface area contributed by atoms with E-state index in [2.05, 4.69) is 15.9 Å². The van der Waals surface area contributed by atoms with Gasteiger partial charge in [0.15, 0.2) is 0 Å². The number of rotatable bonds is 2. The van der Waals surface area contributed by atoms with Crippen LogP contribution in [0.4, 0.5) is 8.78 Å².